The van der Waals surface area contributed by atoms with E-state index in [0.717, 1.165) is 0 Å². The number of benzene rings is 2. The number of amides is 2. The Bertz CT molecular complexity index is 787. The van der Waals surface area contributed by atoms with Crippen LogP contribution in [0.15, 0.2) is 47.6 Å². The lowest BCUT2D eigenvalue weighted by Gasteiger charge is -2.07. The average molecular weight is 343 g/mol. The molecule has 2 amide bonds. The minimum atomic E-state index is -0.656. The van der Waals surface area contributed by atoms with Crippen molar-refractivity contribution < 1.29 is 24.3 Å². The summed E-state index contributed by atoms with van der Waals surface area (Å²) in [6, 6.07) is 10.9. The Kier molecular flexibility index (Phi) is 6.08. The zero-order chi connectivity index (χ0) is 18.2. The molecule has 8 heteroatoms. The van der Waals surface area contributed by atoms with Crippen molar-refractivity contribution in [3.8, 4) is 11.5 Å². The number of hydroxylamine groups is 1. The Morgan fingerprint density at radius 1 is 1.00 bits per heavy atom. The molecule has 0 aliphatic carbocycles. The van der Waals surface area contributed by atoms with Gasteiger partial charge in [0.25, 0.3) is 11.8 Å². The van der Waals surface area contributed by atoms with Gasteiger partial charge in [0.15, 0.2) is 0 Å². The summed E-state index contributed by atoms with van der Waals surface area (Å²) < 4.78 is 10.3. The molecule has 0 heterocycles. The van der Waals surface area contributed by atoms with E-state index in [1.165, 1.54) is 43.1 Å². The van der Waals surface area contributed by atoms with Gasteiger partial charge in [-0.1, -0.05) is 0 Å². The molecule has 0 fully saturated rings. The van der Waals surface area contributed by atoms with E-state index in [1.54, 1.807) is 25.3 Å². The first-order valence-corrected chi connectivity index (χ1v) is 7.19. The van der Waals surface area contributed by atoms with Crippen molar-refractivity contribution in [2.45, 2.75) is 0 Å². The van der Waals surface area contributed by atoms with E-state index in [9.17, 15) is 9.59 Å². The molecular formula is C17H17N3O5. The largest absolute Gasteiger partial charge is 0.497 e. The Morgan fingerprint density at radius 2 is 1.64 bits per heavy atom. The van der Waals surface area contributed by atoms with Crippen LogP contribution in [0.3, 0.4) is 0 Å². The van der Waals surface area contributed by atoms with Crippen LogP contribution >= 0.6 is 0 Å². The van der Waals surface area contributed by atoms with Gasteiger partial charge in [0, 0.05) is 22.8 Å². The summed E-state index contributed by atoms with van der Waals surface area (Å²) in [6.07, 6.45) is 1.45. The first-order valence-electron chi connectivity index (χ1n) is 7.19. The van der Waals surface area contributed by atoms with Crippen molar-refractivity contribution >= 4 is 18.0 Å². The van der Waals surface area contributed by atoms with E-state index >= 15 is 0 Å². The molecule has 2 aromatic rings. The fraction of sp³-hybridized carbons (Fsp3) is 0.118. The summed E-state index contributed by atoms with van der Waals surface area (Å²) >= 11 is 0. The molecule has 0 aliphatic rings. The predicted molar refractivity (Wildman–Crippen MR) is 90.3 cm³/mol. The number of hydrazone groups is 1. The third kappa shape index (κ3) is 4.55. The van der Waals surface area contributed by atoms with Crippen LogP contribution in [0.5, 0.6) is 11.5 Å². The van der Waals surface area contributed by atoms with Gasteiger partial charge < -0.3 is 9.47 Å². The minimum absolute atomic E-state index is 0.227. The monoisotopic (exact) mass is 343 g/mol. The zero-order valence-corrected chi connectivity index (χ0v) is 13.6. The van der Waals surface area contributed by atoms with Crippen LogP contribution in [0, 0.1) is 0 Å². The van der Waals surface area contributed by atoms with Crippen molar-refractivity contribution in [3.05, 3.63) is 59.2 Å². The van der Waals surface area contributed by atoms with Crippen LogP contribution in [0.4, 0.5) is 0 Å². The lowest BCUT2D eigenvalue weighted by molar-refractivity contribution is 0.0706. The zero-order valence-electron chi connectivity index (χ0n) is 13.6. The third-order valence-electron chi connectivity index (χ3n) is 3.32. The molecule has 0 aromatic heterocycles. The Labute approximate surface area is 144 Å². The first kappa shape index (κ1) is 18.0. The van der Waals surface area contributed by atoms with Gasteiger partial charge in [-0.05, 0) is 36.4 Å². The lowest BCUT2D eigenvalue weighted by Crippen LogP contribution is -2.20. The number of hydrogen-bond donors (Lipinski definition) is 3. The quantitative estimate of drug-likeness (QED) is 0.419. The second kappa shape index (κ2) is 8.46. The molecule has 0 spiro atoms. The fourth-order valence-electron chi connectivity index (χ4n) is 1.99. The van der Waals surface area contributed by atoms with E-state index in [4.69, 9.17) is 14.7 Å². The molecular weight excluding hydrogens is 326 g/mol. The molecule has 0 atom stereocenters. The maximum absolute atomic E-state index is 12.0. The van der Waals surface area contributed by atoms with Crippen LogP contribution in [0.2, 0.25) is 0 Å². The van der Waals surface area contributed by atoms with Gasteiger partial charge in [0.05, 0.1) is 20.4 Å². The second-order valence-corrected chi connectivity index (χ2v) is 4.83. The predicted octanol–water partition coefficient (Wildman–Crippen LogP) is 1.59. The smallest absolute Gasteiger partial charge is 0.274 e. The SMILES string of the molecule is COc1ccc(/C=N/NC(=O)c2ccc(C(=O)NO)cc2)c(OC)c1. The minimum Gasteiger partial charge on any atom is -0.497 e. The summed E-state index contributed by atoms with van der Waals surface area (Å²) in [6.45, 7) is 0. The number of carbonyl (C=O) groups excluding carboxylic acids is 2. The maximum Gasteiger partial charge on any atom is 0.274 e. The Hall–Kier alpha value is -3.39. The van der Waals surface area contributed by atoms with Gasteiger partial charge in [-0.2, -0.15) is 5.10 Å². The van der Waals surface area contributed by atoms with E-state index < -0.39 is 11.8 Å². The average Bonchev–Trinajstić information content (AvgIpc) is 2.67. The van der Waals surface area contributed by atoms with E-state index in [0.29, 0.717) is 22.6 Å². The first-order chi connectivity index (χ1) is 12.1. The highest BCUT2D eigenvalue weighted by molar-refractivity contribution is 5.97. The maximum atomic E-state index is 12.0. The highest BCUT2D eigenvalue weighted by Crippen LogP contribution is 2.22. The molecule has 8 nitrogen and oxygen atoms in total. The van der Waals surface area contributed by atoms with Gasteiger partial charge in [-0.25, -0.2) is 10.9 Å². The fourth-order valence-corrected chi connectivity index (χ4v) is 1.99. The third-order valence-corrected chi connectivity index (χ3v) is 3.32. The summed E-state index contributed by atoms with van der Waals surface area (Å²) in [5, 5.41) is 12.4. The lowest BCUT2D eigenvalue weighted by atomic mass is 10.1. The number of carbonyl (C=O) groups is 2. The van der Waals surface area contributed by atoms with Gasteiger partial charge >= 0.3 is 0 Å². The van der Waals surface area contributed by atoms with Gasteiger partial charge in [-0.15, -0.1) is 0 Å². The highest BCUT2D eigenvalue weighted by atomic mass is 16.5. The number of hydrogen-bond acceptors (Lipinski definition) is 6. The molecule has 2 aromatic carbocycles. The summed E-state index contributed by atoms with van der Waals surface area (Å²) in [7, 11) is 3.08. The van der Waals surface area contributed by atoms with Gasteiger partial charge in [0.1, 0.15) is 11.5 Å². The molecule has 3 N–H and O–H groups in total. The molecule has 0 unspecified atom stereocenters. The summed E-state index contributed by atoms with van der Waals surface area (Å²) in [5.41, 5.74) is 5.11. The normalized spacial score (nSPS) is 10.4. The Morgan fingerprint density at radius 3 is 2.20 bits per heavy atom. The standard InChI is InChI=1S/C17H17N3O5/c1-24-14-8-7-13(15(9-14)25-2)10-18-19-16(21)11-3-5-12(6-4-11)17(22)20-23/h3-10,23H,1-2H3,(H,19,21)(H,20,22)/b18-10+. The van der Waals surface area contributed by atoms with Crippen molar-refractivity contribution in [1.82, 2.24) is 10.9 Å². The molecule has 0 radical (unpaired) electrons. The topological polar surface area (TPSA) is 109 Å². The van der Waals surface area contributed by atoms with E-state index in [1.807, 2.05) is 0 Å². The molecule has 25 heavy (non-hydrogen) atoms. The van der Waals surface area contributed by atoms with Gasteiger partial charge in [0.2, 0.25) is 0 Å². The van der Waals surface area contributed by atoms with Crippen molar-refractivity contribution in [2.75, 3.05) is 14.2 Å². The number of rotatable bonds is 6. The highest BCUT2D eigenvalue weighted by Gasteiger charge is 2.08. The molecule has 0 saturated carbocycles. The second-order valence-electron chi connectivity index (χ2n) is 4.83. The van der Waals surface area contributed by atoms with Crippen LogP contribution in [-0.2, 0) is 0 Å². The number of nitrogens with zero attached hydrogens (tertiary/aromatic N) is 1. The summed E-state index contributed by atoms with van der Waals surface area (Å²) in [5.74, 6) is 0.0954. The summed E-state index contributed by atoms with van der Waals surface area (Å²) in [4.78, 5) is 23.2. The molecule has 130 valence electrons. The molecule has 0 bridgehead atoms. The van der Waals surface area contributed by atoms with Crippen LogP contribution in [0.1, 0.15) is 26.3 Å². The van der Waals surface area contributed by atoms with Crippen LogP contribution in [0.25, 0.3) is 0 Å². The molecule has 0 aliphatic heterocycles. The van der Waals surface area contributed by atoms with Crippen molar-refractivity contribution in [1.29, 1.82) is 0 Å². The van der Waals surface area contributed by atoms with Crippen LogP contribution < -0.4 is 20.4 Å². The Balaban J connectivity index is 2.04. The van der Waals surface area contributed by atoms with Crippen molar-refractivity contribution in [2.24, 2.45) is 5.10 Å². The molecule has 0 saturated heterocycles. The number of nitrogens with one attached hydrogen (secondary N) is 2. The van der Waals surface area contributed by atoms with E-state index in [-0.39, 0.29) is 5.56 Å². The van der Waals surface area contributed by atoms with Crippen LogP contribution in [-0.4, -0.2) is 37.5 Å². The van der Waals surface area contributed by atoms with Gasteiger partial charge in [-0.3, -0.25) is 14.8 Å². The number of methoxy groups -OCH3 is 2. The van der Waals surface area contributed by atoms with Crippen molar-refractivity contribution in [3.63, 3.8) is 0 Å². The van der Waals surface area contributed by atoms with E-state index in [2.05, 4.69) is 10.5 Å². The molecule has 2 rings (SSSR count). The number of ether oxygens (including phenoxy) is 2.